The van der Waals surface area contributed by atoms with Crippen molar-refractivity contribution in [2.45, 2.75) is 44.1 Å². The van der Waals surface area contributed by atoms with Gasteiger partial charge in [0.1, 0.15) is 5.82 Å². The average molecular weight is 370 g/mol. The van der Waals surface area contributed by atoms with Gasteiger partial charge < -0.3 is 10.2 Å². The molecule has 2 amide bonds. The monoisotopic (exact) mass is 370 g/mol. The van der Waals surface area contributed by atoms with Gasteiger partial charge in [-0.05, 0) is 37.0 Å². The summed E-state index contributed by atoms with van der Waals surface area (Å²) >= 11 is 0. The molecule has 2 aromatic rings. The number of nitrogens with one attached hydrogen (secondary N) is 2. The van der Waals surface area contributed by atoms with Crippen LogP contribution in [-0.4, -0.2) is 46.0 Å². The molecule has 0 radical (unpaired) electrons. The summed E-state index contributed by atoms with van der Waals surface area (Å²) in [4.78, 5) is 25.7. The lowest BCUT2D eigenvalue weighted by Crippen LogP contribution is -2.41. The number of hydrogen-bond acceptors (Lipinski definition) is 3. The highest BCUT2D eigenvalue weighted by atomic mass is 19.1. The van der Waals surface area contributed by atoms with E-state index in [1.165, 1.54) is 12.1 Å². The summed E-state index contributed by atoms with van der Waals surface area (Å²) in [5.41, 5.74) is 2.75. The van der Waals surface area contributed by atoms with E-state index >= 15 is 0 Å². The third-order valence-corrected chi connectivity index (χ3v) is 5.57. The lowest BCUT2D eigenvalue weighted by atomic mass is 9.89. The number of carbonyl (C=O) groups excluding carboxylic acids is 2. The normalized spacial score (nSPS) is 20.7. The number of hydrogen-bond donors (Lipinski definition) is 2. The van der Waals surface area contributed by atoms with Crippen LogP contribution in [0.1, 0.15) is 43.7 Å². The van der Waals surface area contributed by atoms with Gasteiger partial charge in [-0.1, -0.05) is 12.1 Å². The first-order valence-corrected chi connectivity index (χ1v) is 9.46. The molecule has 6 nitrogen and oxygen atoms in total. The fraction of sp³-hybridized carbons (Fsp3) is 0.450. The Morgan fingerprint density at radius 1 is 1.26 bits per heavy atom. The van der Waals surface area contributed by atoms with Crippen molar-refractivity contribution in [1.82, 2.24) is 20.4 Å². The number of aromatic amines is 1. The van der Waals surface area contributed by atoms with Gasteiger partial charge >= 0.3 is 0 Å². The molecule has 0 aliphatic carbocycles. The molecular weight excluding hydrogens is 347 g/mol. The average Bonchev–Trinajstić information content (AvgIpc) is 3.31. The fourth-order valence-electron chi connectivity index (χ4n) is 4.08. The summed E-state index contributed by atoms with van der Waals surface area (Å²) in [6.45, 7) is 1.37. The van der Waals surface area contributed by atoms with Crippen molar-refractivity contribution in [3.05, 3.63) is 42.0 Å². The molecule has 1 atom stereocenters. The maximum Gasteiger partial charge on any atom is 0.224 e. The van der Waals surface area contributed by atoms with E-state index < -0.39 is 0 Å². The maximum absolute atomic E-state index is 13.6. The van der Waals surface area contributed by atoms with Gasteiger partial charge in [-0.15, -0.1) is 0 Å². The van der Waals surface area contributed by atoms with Gasteiger partial charge in [0.2, 0.25) is 11.8 Å². The Balaban J connectivity index is 1.38. The van der Waals surface area contributed by atoms with Crippen molar-refractivity contribution >= 4 is 11.8 Å². The SMILES string of the molecule is O=C1CC[C@H](CC(=O)N2CCC(c3[nH]ncc3-c3cccc(F)c3)CC2)N1. The van der Waals surface area contributed by atoms with Gasteiger partial charge in [0.25, 0.3) is 0 Å². The number of piperidine rings is 1. The van der Waals surface area contributed by atoms with Crippen molar-refractivity contribution in [2.24, 2.45) is 0 Å². The Labute approximate surface area is 157 Å². The summed E-state index contributed by atoms with van der Waals surface area (Å²) in [5, 5.41) is 10.1. The first-order chi connectivity index (χ1) is 13.1. The minimum atomic E-state index is -0.265. The van der Waals surface area contributed by atoms with Crippen LogP contribution in [0.5, 0.6) is 0 Å². The number of nitrogens with zero attached hydrogens (tertiary/aromatic N) is 2. The van der Waals surface area contributed by atoms with E-state index in [0.29, 0.717) is 25.9 Å². The third-order valence-electron chi connectivity index (χ3n) is 5.57. The molecular formula is C20H23FN4O2. The topological polar surface area (TPSA) is 78.1 Å². The molecule has 27 heavy (non-hydrogen) atoms. The van der Waals surface area contributed by atoms with Crippen molar-refractivity contribution < 1.29 is 14.0 Å². The van der Waals surface area contributed by atoms with Crippen LogP contribution in [-0.2, 0) is 9.59 Å². The predicted octanol–water partition coefficient (Wildman–Crippen LogP) is 2.59. The Bertz CT molecular complexity index is 842. The zero-order valence-electron chi connectivity index (χ0n) is 15.1. The molecule has 2 aliphatic rings. The van der Waals surface area contributed by atoms with E-state index in [1.807, 2.05) is 11.0 Å². The predicted molar refractivity (Wildman–Crippen MR) is 98.3 cm³/mol. The zero-order valence-corrected chi connectivity index (χ0v) is 15.1. The number of H-pyrrole nitrogens is 1. The summed E-state index contributed by atoms with van der Waals surface area (Å²) < 4.78 is 13.6. The summed E-state index contributed by atoms with van der Waals surface area (Å²) in [6.07, 6.45) is 5.06. The van der Waals surface area contributed by atoms with Crippen LogP contribution in [0.15, 0.2) is 30.5 Å². The molecule has 2 aliphatic heterocycles. The highest BCUT2D eigenvalue weighted by Crippen LogP contribution is 2.34. The lowest BCUT2D eigenvalue weighted by Gasteiger charge is -2.32. The van der Waals surface area contributed by atoms with Gasteiger partial charge in [0.05, 0.1) is 6.20 Å². The van der Waals surface area contributed by atoms with Crippen LogP contribution >= 0.6 is 0 Å². The van der Waals surface area contributed by atoms with Crippen molar-refractivity contribution in [1.29, 1.82) is 0 Å². The molecule has 2 fully saturated rings. The van der Waals surface area contributed by atoms with Gasteiger partial charge in [0.15, 0.2) is 0 Å². The second-order valence-electron chi connectivity index (χ2n) is 7.37. The molecule has 0 unspecified atom stereocenters. The highest BCUT2D eigenvalue weighted by Gasteiger charge is 2.29. The van der Waals surface area contributed by atoms with Gasteiger partial charge in [0, 0.05) is 49.1 Å². The zero-order chi connectivity index (χ0) is 18.8. The van der Waals surface area contributed by atoms with E-state index in [0.717, 1.165) is 36.1 Å². The standard InChI is InChI=1S/C20H23FN4O2/c21-15-3-1-2-14(10-15)17-12-22-24-20(17)13-6-8-25(9-7-13)19(27)11-16-4-5-18(26)23-16/h1-3,10,12-13,16H,4-9,11H2,(H,22,24)(H,23,26)/t16-/m1/s1. The van der Waals surface area contributed by atoms with Gasteiger partial charge in [-0.3, -0.25) is 14.7 Å². The van der Waals surface area contributed by atoms with E-state index in [1.54, 1.807) is 12.3 Å². The molecule has 1 aromatic heterocycles. The molecule has 3 heterocycles. The Morgan fingerprint density at radius 2 is 2.07 bits per heavy atom. The number of carbonyl (C=O) groups is 2. The number of halogens is 1. The molecule has 2 saturated heterocycles. The molecule has 1 aromatic carbocycles. The first kappa shape index (κ1) is 17.7. The quantitative estimate of drug-likeness (QED) is 0.868. The number of rotatable bonds is 4. The van der Waals surface area contributed by atoms with Crippen LogP contribution in [0.25, 0.3) is 11.1 Å². The van der Waals surface area contributed by atoms with Gasteiger partial charge in [-0.2, -0.15) is 5.10 Å². The van der Waals surface area contributed by atoms with E-state index in [9.17, 15) is 14.0 Å². The van der Waals surface area contributed by atoms with E-state index in [2.05, 4.69) is 15.5 Å². The lowest BCUT2D eigenvalue weighted by molar-refractivity contribution is -0.132. The largest absolute Gasteiger partial charge is 0.353 e. The van der Waals surface area contributed by atoms with Gasteiger partial charge in [-0.25, -0.2) is 4.39 Å². The van der Waals surface area contributed by atoms with Crippen LogP contribution in [0.2, 0.25) is 0 Å². The number of amides is 2. The van der Waals surface area contributed by atoms with Crippen LogP contribution in [0.4, 0.5) is 4.39 Å². The van der Waals surface area contributed by atoms with Crippen molar-refractivity contribution in [3.63, 3.8) is 0 Å². The molecule has 0 spiro atoms. The van der Waals surface area contributed by atoms with Crippen molar-refractivity contribution in [3.8, 4) is 11.1 Å². The van der Waals surface area contributed by atoms with E-state index in [-0.39, 0.29) is 29.6 Å². The molecule has 0 bridgehead atoms. The molecule has 0 saturated carbocycles. The molecule has 142 valence electrons. The molecule has 4 rings (SSSR count). The maximum atomic E-state index is 13.6. The van der Waals surface area contributed by atoms with Crippen LogP contribution < -0.4 is 5.32 Å². The third kappa shape index (κ3) is 3.86. The second kappa shape index (κ2) is 7.50. The fourth-order valence-corrected chi connectivity index (χ4v) is 4.08. The Hall–Kier alpha value is -2.70. The van der Waals surface area contributed by atoms with E-state index in [4.69, 9.17) is 0 Å². The summed E-state index contributed by atoms with van der Waals surface area (Å²) in [5.74, 6) is 0.145. The van der Waals surface area contributed by atoms with Crippen LogP contribution in [0.3, 0.4) is 0 Å². The van der Waals surface area contributed by atoms with Crippen molar-refractivity contribution in [2.75, 3.05) is 13.1 Å². The summed E-state index contributed by atoms with van der Waals surface area (Å²) in [6, 6.07) is 6.51. The number of aromatic nitrogens is 2. The Kier molecular flexibility index (Phi) is 4.92. The molecule has 7 heteroatoms. The number of benzene rings is 1. The Morgan fingerprint density at radius 3 is 2.78 bits per heavy atom. The van der Waals surface area contributed by atoms with Crippen LogP contribution in [0, 0.1) is 5.82 Å². The number of likely N-dealkylation sites (tertiary alicyclic amines) is 1. The summed E-state index contributed by atoms with van der Waals surface area (Å²) in [7, 11) is 0. The smallest absolute Gasteiger partial charge is 0.224 e. The minimum absolute atomic E-state index is 0.0186. The second-order valence-corrected chi connectivity index (χ2v) is 7.37. The highest BCUT2D eigenvalue weighted by molar-refractivity contribution is 5.82. The minimum Gasteiger partial charge on any atom is -0.353 e. The molecule has 2 N–H and O–H groups in total. The first-order valence-electron chi connectivity index (χ1n) is 9.46.